The molecular weight excluding hydrogens is 316 g/mol. The van der Waals surface area contributed by atoms with Crippen LogP contribution in [-0.2, 0) is 4.79 Å². The first kappa shape index (κ1) is 17.7. The van der Waals surface area contributed by atoms with E-state index >= 15 is 0 Å². The Bertz CT molecular complexity index is 613. The third kappa shape index (κ3) is 2.33. The summed E-state index contributed by atoms with van der Waals surface area (Å²) in [4.78, 5) is 12.2. The Labute approximate surface area is 150 Å². The van der Waals surface area contributed by atoms with Gasteiger partial charge in [0.25, 0.3) is 0 Å². The molecule has 4 aliphatic rings. The number of aliphatic hydroxyl groups is 3. The van der Waals surface area contributed by atoms with E-state index in [9.17, 15) is 20.1 Å². The van der Waals surface area contributed by atoms with Crippen molar-refractivity contribution in [3.8, 4) is 0 Å². The summed E-state index contributed by atoms with van der Waals surface area (Å²) in [7, 11) is 0. The summed E-state index contributed by atoms with van der Waals surface area (Å²) in [5.74, 6) is 0.412. The fraction of sp³-hybridized carbons (Fsp3) is 0.857. The van der Waals surface area contributed by atoms with Crippen molar-refractivity contribution in [1.29, 1.82) is 0 Å². The molecule has 0 aliphatic heterocycles. The average molecular weight is 348 g/mol. The van der Waals surface area contributed by atoms with Crippen molar-refractivity contribution in [2.24, 2.45) is 34.5 Å². The highest BCUT2D eigenvalue weighted by molar-refractivity contribution is 5.79. The predicted octanol–water partition coefficient (Wildman–Crippen LogP) is 2.46. The highest BCUT2D eigenvalue weighted by Gasteiger charge is 2.64. The molecule has 3 fully saturated rings. The summed E-state index contributed by atoms with van der Waals surface area (Å²) in [6.07, 6.45) is 5.50. The van der Waals surface area contributed by atoms with Gasteiger partial charge in [-0.05, 0) is 74.0 Å². The van der Waals surface area contributed by atoms with E-state index < -0.39 is 12.2 Å². The number of hydrogen-bond donors (Lipinski definition) is 3. The van der Waals surface area contributed by atoms with Gasteiger partial charge in [0.1, 0.15) is 5.78 Å². The minimum absolute atomic E-state index is 0.0124. The van der Waals surface area contributed by atoms with Gasteiger partial charge in [-0.25, -0.2) is 0 Å². The van der Waals surface area contributed by atoms with E-state index in [-0.39, 0.29) is 40.5 Å². The molecule has 25 heavy (non-hydrogen) atoms. The van der Waals surface area contributed by atoms with Gasteiger partial charge in [-0.15, -0.1) is 0 Å². The molecule has 0 radical (unpaired) electrons. The summed E-state index contributed by atoms with van der Waals surface area (Å²) in [6, 6.07) is 0. The molecule has 0 bridgehead atoms. The summed E-state index contributed by atoms with van der Waals surface area (Å²) in [5.41, 5.74) is 1.01. The second-order valence-corrected chi connectivity index (χ2v) is 9.72. The monoisotopic (exact) mass is 348 g/mol. The van der Waals surface area contributed by atoms with Crippen molar-refractivity contribution in [2.75, 3.05) is 0 Å². The Morgan fingerprint density at radius 1 is 1.16 bits per heavy atom. The van der Waals surface area contributed by atoms with Gasteiger partial charge in [0, 0.05) is 5.92 Å². The van der Waals surface area contributed by atoms with E-state index in [1.807, 2.05) is 6.08 Å². The minimum Gasteiger partial charge on any atom is -0.393 e. The van der Waals surface area contributed by atoms with Crippen LogP contribution in [0.1, 0.15) is 59.3 Å². The van der Waals surface area contributed by atoms with Gasteiger partial charge in [0.15, 0.2) is 0 Å². The lowest BCUT2D eigenvalue weighted by Gasteiger charge is -2.59. The van der Waals surface area contributed by atoms with Crippen molar-refractivity contribution in [3.05, 3.63) is 11.6 Å². The van der Waals surface area contributed by atoms with Gasteiger partial charge in [-0.1, -0.05) is 25.5 Å². The van der Waals surface area contributed by atoms with Crippen LogP contribution in [0.15, 0.2) is 11.6 Å². The maximum absolute atomic E-state index is 12.2. The topological polar surface area (TPSA) is 77.8 Å². The molecule has 4 aliphatic carbocycles. The van der Waals surface area contributed by atoms with Gasteiger partial charge in [0.2, 0.25) is 0 Å². The van der Waals surface area contributed by atoms with Crippen molar-refractivity contribution in [3.63, 3.8) is 0 Å². The Kier molecular flexibility index (Phi) is 3.99. The molecular formula is C21H32O4. The highest BCUT2D eigenvalue weighted by Crippen LogP contribution is 2.66. The third-order valence-electron chi connectivity index (χ3n) is 8.58. The first-order valence-corrected chi connectivity index (χ1v) is 9.94. The minimum atomic E-state index is -0.580. The number of aliphatic hydroxyl groups excluding tert-OH is 3. The summed E-state index contributed by atoms with van der Waals surface area (Å²) < 4.78 is 0. The molecule has 3 saturated carbocycles. The van der Waals surface area contributed by atoms with Crippen LogP contribution < -0.4 is 0 Å². The number of hydrogen-bond acceptors (Lipinski definition) is 4. The van der Waals surface area contributed by atoms with Crippen LogP contribution >= 0.6 is 0 Å². The van der Waals surface area contributed by atoms with Crippen LogP contribution in [-0.4, -0.2) is 39.4 Å². The van der Waals surface area contributed by atoms with Crippen molar-refractivity contribution in [2.45, 2.75) is 77.6 Å². The first-order valence-electron chi connectivity index (χ1n) is 9.94. The van der Waals surface area contributed by atoms with Gasteiger partial charge in [-0.3, -0.25) is 4.79 Å². The fourth-order valence-corrected chi connectivity index (χ4v) is 7.31. The quantitative estimate of drug-likeness (QED) is 0.636. The molecule has 4 nitrogen and oxygen atoms in total. The van der Waals surface area contributed by atoms with Crippen molar-refractivity contribution >= 4 is 5.78 Å². The maximum Gasteiger partial charge on any atom is 0.133 e. The fourth-order valence-electron chi connectivity index (χ4n) is 7.31. The Hall–Kier alpha value is -0.710. The molecule has 140 valence electrons. The number of Topliss-reactive ketones (excluding diaryl/α,β-unsaturated/α-hetero) is 1. The molecule has 4 rings (SSSR count). The van der Waals surface area contributed by atoms with Gasteiger partial charge >= 0.3 is 0 Å². The standard InChI is InChI=1S/C21H32O4/c1-11(22)15-10-17(25)19-18-14(5-7-21(15,19)3)20(2)6-4-13(23)8-12(20)9-16(18)24/h9,13-19,23-25H,4-8,10H2,1-3H3/t13-,14-,15+,16+,17-,18-,19-,20-,21+/m0/s1. The van der Waals surface area contributed by atoms with Crippen LogP contribution in [0.2, 0.25) is 0 Å². The second kappa shape index (κ2) is 5.64. The SMILES string of the molecule is CC(=O)[C@H]1C[C@H](O)[C@H]2[C@@H]3[C@H](O)C=C4C[C@@H](O)CC[C@]4(C)[C@H]3CC[C@@]21C. The van der Waals surface area contributed by atoms with E-state index in [4.69, 9.17) is 0 Å². The van der Waals surface area contributed by atoms with E-state index in [0.717, 1.165) is 25.7 Å². The van der Waals surface area contributed by atoms with Crippen LogP contribution in [0, 0.1) is 34.5 Å². The number of carbonyl (C=O) groups excluding carboxylic acids is 1. The van der Waals surface area contributed by atoms with Crippen LogP contribution in [0.4, 0.5) is 0 Å². The Morgan fingerprint density at radius 3 is 2.56 bits per heavy atom. The normalized spacial score (nSPS) is 55.0. The molecule has 0 aromatic heterocycles. The number of ketones is 1. The molecule has 0 unspecified atom stereocenters. The molecule has 0 aromatic carbocycles. The Morgan fingerprint density at radius 2 is 1.88 bits per heavy atom. The summed E-state index contributed by atoms with van der Waals surface area (Å²) in [6.45, 7) is 6.10. The maximum atomic E-state index is 12.2. The molecule has 9 atom stereocenters. The lowest BCUT2D eigenvalue weighted by atomic mass is 9.46. The largest absolute Gasteiger partial charge is 0.393 e. The van der Waals surface area contributed by atoms with Crippen molar-refractivity contribution in [1.82, 2.24) is 0 Å². The van der Waals surface area contributed by atoms with E-state index in [1.54, 1.807) is 6.92 Å². The van der Waals surface area contributed by atoms with Gasteiger partial charge < -0.3 is 15.3 Å². The summed E-state index contributed by atoms with van der Waals surface area (Å²) >= 11 is 0. The van der Waals surface area contributed by atoms with Crippen LogP contribution in [0.5, 0.6) is 0 Å². The predicted molar refractivity (Wildman–Crippen MR) is 94.7 cm³/mol. The first-order chi connectivity index (χ1) is 11.7. The van der Waals surface area contributed by atoms with Crippen LogP contribution in [0.3, 0.4) is 0 Å². The van der Waals surface area contributed by atoms with E-state index in [2.05, 4.69) is 13.8 Å². The number of carbonyl (C=O) groups is 1. The lowest BCUT2D eigenvalue weighted by Crippen LogP contribution is -2.56. The highest BCUT2D eigenvalue weighted by atomic mass is 16.3. The number of rotatable bonds is 1. The molecule has 0 aromatic rings. The molecule has 0 saturated heterocycles. The lowest BCUT2D eigenvalue weighted by molar-refractivity contribution is -0.134. The second-order valence-electron chi connectivity index (χ2n) is 9.72. The zero-order valence-corrected chi connectivity index (χ0v) is 15.6. The van der Waals surface area contributed by atoms with Crippen molar-refractivity contribution < 1.29 is 20.1 Å². The third-order valence-corrected chi connectivity index (χ3v) is 8.58. The van der Waals surface area contributed by atoms with E-state index in [0.29, 0.717) is 18.8 Å². The molecule has 0 heterocycles. The summed E-state index contributed by atoms with van der Waals surface area (Å²) in [5, 5.41) is 31.9. The Balaban J connectivity index is 1.75. The average Bonchev–Trinajstić information content (AvgIpc) is 2.81. The molecule has 0 spiro atoms. The zero-order valence-electron chi connectivity index (χ0n) is 15.6. The van der Waals surface area contributed by atoms with E-state index in [1.165, 1.54) is 5.57 Å². The van der Waals surface area contributed by atoms with Gasteiger partial charge in [-0.2, -0.15) is 0 Å². The molecule has 4 heteroatoms. The molecule has 3 N–H and O–H groups in total. The van der Waals surface area contributed by atoms with Gasteiger partial charge in [0.05, 0.1) is 18.3 Å². The zero-order chi connectivity index (χ0) is 18.1. The van der Waals surface area contributed by atoms with Crippen LogP contribution in [0.25, 0.3) is 0 Å². The smallest absolute Gasteiger partial charge is 0.133 e. The molecule has 0 amide bonds. The number of fused-ring (bicyclic) bond motifs is 5.